The van der Waals surface area contributed by atoms with Gasteiger partial charge in [0.25, 0.3) is 0 Å². The topological polar surface area (TPSA) is 28.2 Å². The molecule has 1 aromatic heterocycles. The molecule has 0 fully saturated rings. The summed E-state index contributed by atoms with van der Waals surface area (Å²) in [6.45, 7) is 12.2. The third-order valence-corrected chi connectivity index (χ3v) is 3.77. The van der Waals surface area contributed by atoms with Crippen molar-refractivity contribution in [2.75, 3.05) is 20.1 Å². The lowest BCUT2D eigenvalue weighted by atomic mass is 10.0. The number of hydrogen-bond donors (Lipinski definition) is 1. The van der Waals surface area contributed by atoms with E-state index in [0.717, 1.165) is 19.6 Å². The average molecular weight is 269 g/mol. The molecule has 0 saturated heterocycles. The fourth-order valence-electron chi connectivity index (χ4n) is 2.11. The minimum Gasteiger partial charge on any atom is -0.315 e. The van der Waals surface area contributed by atoms with Crippen LogP contribution >= 0.6 is 11.3 Å². The van der Waals surface area contributed by atoms with E-state index in [1.807, 2.05) is 5.51 Å². The van der Waals surface area contributed by atoms with Crippen LogP contribution in [0.2, 0.25) is 0 Å². The van der Waals surface area contributed by atoms with Gasteiger partial charge in [-0.3, -0.25) is 4.90 Å². The van der Waals surface area contributed by atoms with E-state index in [4.69, 9.17) is 0 Å². The highest BCUT2D eigenvalue weighted by atomic mass is 32.1. The van der Waals surface area contributed by atoms with Crippen molar-refractivity contribution in [1.29, 1.82) is 0 Å². The Morgan fingerprint density at radius 1 is 1.28 bits per heavy atom. The van der Waals surface area contributed by atoms with Gasteiger partial charge in [0.1, 0.15) is 0 Å². The maximum Gasteiger partial charge on any atom is 0.0795 e. The molecule has 3 nitrogen and oxygen atoms in total. The molecule has 104 valence electrons. The number of aromatic nitrogens is 1. The fraction of sp³-hybridized carbons (Fsp3) is 0.786. The van der Waals surface area contributed by atoms with E-state index >= 15 is 0 Å². The molecule has 0 saturated carbocycles. The summed E-state index contributed by atoms with van der Waals surface area (Å²) >= 11 is 1.67. The molecular formula is C14H27N3S. The highest BCUT2D eigenvalue weighted by molar-refractivity contribution is 7.07. The van der Waals surface area contributed by atoms with E-state index in [-0.39, 0.29) is 0 Å². The Morgan fingerprint density at radius 2 is 2.00 bits per heavy atom. The smallest absolute Gasteiger partial charge is 0.0795 e. The van der Waals surface area contributed by atoms with Gasteiger partial charge in [0, 0.05) is 24.5 Å². The first-order valence-electron chi connectivity index (χ1n) is 6.78. The van der Waals surface area contributed by atoms with E-state index in [1.54, 1.807) is 11.3 Å². The Balaban J connectivity index is 2.44. The van der Waals surface area contributed by atoms with E-state index < -0.39 is 0 Å². The maximum absolute atomic E-state index is 4.36. The summed E-state index contributed by atoms with van der Waals surface area (Å²) in [5, 5.41) is 5.70. The predicted molar refractivity (Wildman–Crippen MR) is 79.9 cm³/mol. The molecule has 0 radical (unpaired) electrons. The van der Waals surface area contributed by atoms with E-state index in [1.165, 1.54) is 5.69 Å². The van der Waals surface area contributed by atoms with Crippen molar-refractivity contribution in [3.05, 3.63) is 16.6 Å². The van der Waals surface area contributed by atoms with Gasteiger partial charge in [-0.25, -0.2) is 4.98 Å². The van der Waals surface area contributed by atoms with Crippen LogP contribution in [0.1, 0.15) is 33.4 Å². The zero-order valence-corrected chi connectivity index (χ0v) is 13.1. The summed E-state index contributed by atoms with van der Waals surface area (Å²) in [5.74, 6) is 1.36. The lowest BCUT2D eigenvalue weighted by molar-refractivity contribution is 0.177. The summed E-state index contributed by atoms with van der Waals surface area (Å²) in [5.41, 5.74) is 3.09. The van der Waals surface area contributed by atoms with Crippen LogP contribution in [0.5, 0.6) is 0 Å². The fourth-order valence-corrected chi connectivity index (χ4v) is 2.66. The molecule has 1 unspecified atom stereocenters. The number of rotatable bonds is 8. The van der Waals surface area contributed by atoms with Crippen LogP contribution in [0.25, 0.3) is 0 Å². The molecule has 0 aromatic carbocycles. The average Bonchev–Trinajstić information content (AvgIpc) is 2.75. The Kier molecular flexibility index (Phi) is 6.82. The van der Waals surface area contributed by atoms with Gasteiger partial charge in [-0.1, -0.05) is 27.7 Å². The third-order valence-electron chi connectivity index (χ3n) is 3.14. The van der Waals surface area contributed by atoms with Crippen LogP contribution in [-0.4, -0.2) is 36.1 Å². The van der Waals surface area contributed by atoms with Crippen LogP contribution in [0.3, 0.4) is 0 Å². The zero-order chi connectivity index (χ0) is 13.5. The molecule has 18 heavy (non-hydrogen) atoms. The van der Waals surface area contributed by atoms with Gasteiger partial charge in [0.05, 0.1) is 11.2 Å². The zero-order valence-electron chi connectivity index (χ0n) is 12.3. The number of thiazole rings is 1. The minimum atomic E-state index is 0.561. The van der Waals surface area contributed by atoms with Gasteiger partial charge in [0.2, 0.25) is 0 Å². The highest BCUT2D eigenvalue weighted by Crippen LogP contribution is 2.12. The number of nitrogens with one attached hydrogen (secondary N) is 1. The Hall–Kier alpha value is -0.450. The van der Waals surface area contributed by atoms with Crippen molar-refractivity contribution in [3.8, 4) is 0 Å². The lowest BCUT2D eigenvalue weighted by Gasteiger charge is -2.31. The van der Waals surface area contributed by atoms with E-state index in [2.05, 4.69) is 55.3 Å². The lowest BCUT2D eigenvalue weighted by Crippen LogP contribution is -2.44. The molecule has 1 atom stereocenters. The molecule has 4 heteroatoms. The van der Waals surface area contributed by atoms with Crippen LogP contribution in [0.4, 0.5) is 0 Å². The van der Waals surface area contributed by atoms with Gasteiger partial charge in [-0.15, -0.1) is 11.3 Å². The summed E-state index contributed by atoms with van der Waals surface area (Å²) in [6.07, 6.45) is 0. The van der Waals surface area contributed by atoms with Gasteiger partial charge in [-0.05, 0) is 25.4 Å². The molecule has 0 aliphatic heterocycles. The van der Waals surface area contributed by atoms with Crippen LogP contribution in [0, 0.1) is 11.8 Å². The predicted octanol–water partition coefficient (Wildman–Crippen LogP) is 2.85. The largest absolute Gasteiger partial charge is 0.315 e. The molecule has 0 amide bonds. The molecule has 1 heterocycles. The minimum absolute atomic E-state index is 0.561. The molecule has 1 N–H and O–H groups in total. The molecule has 0 spiro atoms. The summed E-state index contributed by atoms with van der Waals surface area (Å²) in [4.78, 5) is 6.77. The second-order valence-corrected chi connectivity index (χ2v) is 6.48. The summed E-state index contributed by atoms with van der Waals surface area (Å²) in [7, 11) is 2.20. The molecular weight excluding hydrogens is 242 g/mol. The molecule has 0 bridgehead atoms. The first-order valence-corrected chi connectivity index (χ1v) is 7.73. The Morgan fingerprint density at radius 3 is 2.50 bits per heavy atom. The summed E-state index contributed by atoms with van der Waals surface area (Å²) < 4.78 is 0. The second-order valence-electron chi connectivity index (χ2n) is 5.76. The van der Waals surface area contributed by atoms with Gasteiger partial charge in [0.15, 0.2) is 0 Å². The summed E-state index contributed by atoms with van der Waals surface area (Å²) in [6, 6.07) is 0.561. The van der Waals surface area contributed by atoms with E-state index in [9.17, 15) is 0 Å². The van der Waals surface area contributed by atoms with Gasteiger partial charge >= 0.3 is 0 Å². The standard InChI is InChI=1S/C14H27N3S/c1-11(2)6-15-7-14(12(3)4)17(5)8-13-9-18-10-16-13/h9-12,14-15H,6-8H2,1-5H3. The quantitative estimate of drug-likeness (QED) is 0.786. The SMILES string of the molecule is CC(C)CNCC(C(C)C)N(C)Cc1cscn1. The maximum atomic E-state index is 4.36. The molecule has 0 aliphatic carbocycles. The van der Waals surface area contributed by atoms with Crippen LogP contribution in [-0.2, 0) is 6.54 Å². The van der Waals surface area contributed by atoms with Gasteiger partial charge in [-0.2, -0.15) is 0 Å². The van der Waals surface area contributed by atoms with Crippen molar-refractivity contribution < 1.29 is 0 Å². The molecule has 1 aromatic rings. The first-order chi connectivity index (χ1) is 8.50. The second kappa shape index (κ2) is 7.87. The van der Waals surface area contributed by atoms with E-state index in [0.29, 0.717) is 17.9 Å². The number of nitrogens with zero attached hydrogens (tertiary/aromatic N) is 2. The van der Waals surface area contributed by atoms with Crippen molar-refractivity contribution in [1.82, 2.24) is 15.2 Å². The van der Waals surface area contributed by atoms with Crippen molar-refractivity contribution in [3.63, 3.8) is 0 Å². The molecule has 1 rings (SSSR count). The van der Waals surface area contributed by atoms with Gasteiger partial charge < -0.3 is 5.32 Å². The highest BCUT2D eigenvalue weighted by Gasteiger charge is 2.19. The first kappa shape index (κ1) is 15.6. The van der Waals surface area contributed by atoms with Crippen molar-refractivity contribution in [2.24, 2.45) is 11.8 Å². The normalized spacial score (nSPS) is 13.8. The van der Waals surface area contributed by atoms with Crippen LogP contribution < -0.4 is 5.32 Å². The number of likely N-dealkylation sites (N-methyl/N-ethyl adjacent to an activating group) is 1. The van der Waals surface area contributed by atoms with Crippen molar-refractivity contribution in [2.45, 2.75) is 40.3 Å². The Labute approximate surface area is 116 Å². The van der Waals surface area contributed by atoms with Crippen LogP contribution in [0.15, 0.2) is 10.9 Å². The monoisotopic (exact) mass is 269 g/mol. The Bertz CT molecular complexity index is 309. The number of hydrogen-bond acceptors (Lipinski definition) is 4. The third kappa shape index (κ3) is 5.46. The van der Waals surface area contributed by atoms with Crippen molar-refractivity contribution >= 4 is 11.3 Å². The molecule has 0 aliphatic rings.